The Kier molecular flexibility index (Phi) is 5.59. The van der Waals surface area contributed by atoms with Crippen molar-refractivity contribution in [2.24, 2.45) is 4.40 Å². The minimum Gasteiger partial charge on any atom is -0.362 e. The molecule has 4 rings (SSSR count). The van der Waals surface area contributed by atoms with E-state index in [1.54, 1.807) is 24.3 Å². The standard InChI is InChI=1S/C22H24ClN3O3S/c1-26-14-3-7-20(26)25-30(28,29)19-6-2-5-18(15-19)24-21(27)22(12-4-13-22)16-8-10-17(23)11-9-16/h2,5-6,8-11,15H,3-4,7,12-14H2,1H3,(H,24,27). The van der Waals surface area contributed by atoms with Crippen molar-refractivity contribution in [2.45, 2.75) is 42.4 Å². The predicted octanol–water partition coefficient (Wildman–Crippen LogP) is 4.21. The summed E-state index contributed by atoms with van der Waals surface area (Å²) in [5.41, 5.74) is 0.767. The fraction of sp³-hybridized carbons (Fsp3) is 0.364. The van der Waals surface area contributed by atoms with Gasteiger partial charge in [0.1, 0.15) is 5.84 Å². The van der Waals surface area contributed by atoms with Crippen LogP contribution in [0.5, 0.6) is 0 Å². The number of hydrogen-bond donors (Lipinski definition) is 1. The van der Waals surface area contributed by atoms with E-state index in [9.17, 15) is 13.2 Å². The third-order valence-electron chi connectivity index (χ3n) is 5.99. The highest BCUT2D eigenvalue weighted by molar-refractivity contribution is 7.90. The van der Waals surface area contributed by atoms with Gasteiger partial charge in [-0.3, -0.25) is 4.79 Å². The lowest BCUT2D eigenvalue weighted by molar-refractivity contribution is -0.124. The first-order valence-corrected chi connectivity index (χ1v) is 11.8. The van der Waals surface area contributed by atoms with Gasteiger partial charge in [-0.2, -0.15) is 8.42 Å². The first-order valence-electron chi connectivity index (χ1n) is 10.0. The first kappa shape index (κ1) is 20.9. The van der Waals surface area contributed by atoms with Crippen LogP contribution in [0, 0.1) is 0 Å². The van der Waals surface area contributed by atoms with Crippen molar-refractivity contribution in [3.8, 4) is 0 Å². The molecule has 6 nitrogen and oxygen atoms in total. The van der Waals surface area contributed by atoms with Crippen LogP contribution in [0.4, 0.5) is 5.69 Å². The molecule has 1 aliphatic heterocycles. The second kappa shape index (κ2) is 8.04. The summed E-state index contributed by atoms with van der Waals surface area (Å²) in [6, 6.07) is 13.6. The van der Waals surface area contributed by atoms with Crippen molar-refractivity contribution in [3.05, 3.63) is 59.1 Å². The van der Waals surface area contributed by atoms with Crippen LogP contribution < -0.4 is 5.32 Å². The molecule has 1 N–H and O–H groups in total. The molecule has 2 aliphatic rings. The van der Waals surface area contributed by atoms with Gasteiger partial charge in [0, 0.05) is 30.7 Å². The molecule has 0 bridgehead atoms. The number of amides is 1. The summed E-state index contributed by atoms with van der Waals surface area (Å²) in [6.07, 6.45) is 4.01. The van der Waals surface area contributed by atoms with Crippen molar-refractivity contribution in [3.63, 3.8) is 0 Å². The molecular weight excluding hydrogens is 422 g/mol. The Morgan fingerprint density at radius 1 is 1.13 bits per heavy atom. The van der Waals surface area contributed by atoms with Gasteiger partial charge in [0.25, 0.3) is 10.0 Å². The molecule has 158 valence electrons. The van der Waals surface area contributed by atoms with Crippen LogP contribution in [-0.4, -0.2) is 38.7 Å². The lowest BCUT2D eigenvalue weighted by atomic mass is 9.64. The molecule has 0 atom stereocenters. The van der Waals surface area contributed by atoms with Crippen LogP contribution >= 0.6 is 11.6 Å². The summed E-state index contributed by atoms with van der Waals surface area (Å²) in [6.45, 7) is 0.803. The number of carbonyl (C=O) groups is 1. The Morgan fingerprint density at radius 2 is 1.87 bits per heavy atom. The maximum Gasteiger partial charge on any atom is 0.284 e. The second-order valence-corrected chi connectivity index (χ2v) is 9.97. The van der Waals surface area contributed by atoms with Crippen molar-refractivity contribution >= 4 is 39.1 Å². The number of anilines is 1. The predicted molar refractivity (Wildman–Crippen MR) is 119 cm³/mol. The molecule has 30 heavy (non-hydrogen) atoms. The van der Waals surface area contributed by atoms with E-state index in [4.69, 9.17) is 11.6 Å². The maximum atomic E-state index is 13.2. The fourth-order valence-corrected chi connectivity index (χ4v) is 5.30. The number of nitrogens with zero attached hydrogens (tertiary/aromatic N) is 2. The zero-order chi connectivity index (χ0) is 21.4. The number of rotatable bonds is 5. The van der Waals surface area contributed by atoms with Gasteiger partial charge in [-0.1, -0.05) is 36.2 Å². The van der Waals surface area contributed by atoms with Gasteiger partial charge in [0.15, 0.2) is 0 Å². The average Bonchev–Trinajstić information content (AvgIpc) is 3.06. The Labute approximate surface area is 182 Å². The molecule has 0 radical (unpaired) electrons. The van der Waals surface area contributed by atoms with Crippen molar-refractivity contribution in [1.29, 1.82) is 0 Å². The van der Waals surface area contributed by atoms with E-state index in [1.807, 2.05) is 24.1 Å². The molecule has 1 saturated heterocycles. The second-order valence-electron chi connectivity index (χ2n) is 7.93. The molecule has 1 aliphatic carbocycles. The molecule has 2 aromatic rings. The summed E-state index contributed by atoms with van der Waals surface area (Å²) in [7, 11) is -2.00. The number of likely N-dealkylation sites (tertiary alicyclic amines) is 1. The van der Waals surface area contributed by atoms with E-state index in [0.717, 1.165) is 37.8 Å². The van der Waals surface area contributed by atoms with E-state index >= 15 is 0 Å². The molecule has 2 aromatic carbocycles. The normalized spacial score (nSPS) is 19.5. The van der Waals surface area contributed by atoms with Gasteiger partial charge >= 0.3 is 0 Å². The van der Waals surface area contributed by atoms with Crippen LogP contribution in [0.15, 0.2) is 57.8 Å². The largest absolute Gasteiger partial charge is 0.362 e. The highest BCUT2D eigenvalue weighted by atomic mass is 35.5. The van der Waals surface area contributed by atoms with Crippen molar-refractivity contribution < 1.29 is 13.2 Å². The van der Waals surface area contributed by atoms with Crippen LogP contribution in [-0.2, 0) is 20.2 Å². The van der Waals surface area contributed by atoms with E-state index in [-0.39, 0.29) is 10.8 Å². The lowest BCUT2D eigenvalue weighted by Crippen LogP contribution is -2.46. The topological polar surface area (TPSA) is 78.8 Å². The average molecular weight is 446 g/mol. The minimum absolute atomic E-state index is 0.0715. The molecular formula is C22H24ClN3O3S. The van der Waals surface area contributed by atoms with Gasteiger partial charge in [0.2, 0.25) is 5.91 Å². The monoisotopic (exact) mass is 445 g/mol. The van der Waals surface area contributed by atoms with Gasteiger partial charge in [0.05, 0.1) is 10.3 Å². The smallest absolute Gasteiger partial charge is 0.284 e. The van der Waals surface area contributed by atoms with Crippen LogP contribution in [0.3, 0.4) is 0 Å². The zero-order valence-corrected chi connectivity index (χ0v) is 18.3. The molecule has 0 spiro atoms. The summed E-state index contributed by atoms with van der Waals surface area (Å²) < 4.78 is 29.5. The molecule has 2 fully saturated rings. The molecule has 1 saturated carbocycles. The third kappa shape index (κ3) is 3.96. The Morgan fingerprint density at radius 3 is 2.47 bits per heavy atom. The Balaban J connectivity index is 1.57. The van der Waals surface area contributed by atoms with E-state index < -0.39 is 15.4 Å². The summed E-state index contributed by atoms with van der Waals surface area (Å²) >= 11 is 5.99. The quantitative estimate of drug-likeness (QED) is 0.747. The van der Waals surface area contributed by atoms with E-state index in [2.05, 4.69) is 9.71 Å². The van der Waals surface area contributed by atoms with Gasteiger partial charge in [-0.05, 0) is 55.2 Å². The minimum atomic E-state index is -3.84. The number of benzene rings is 2. The van der Waals surface area contributed by atoms with Crippen LogP contribution in [0.25, 0.3) is 0 Å². The number of halogens is 1. The Bertz CT molecular complexity index is 1090. The first-order chi connectivity index (χ1) is 14.3. The van der Waals surface area contributed by atoms with Crippen molar-refractivity contribution in [1.82, 2.24) is 4.90 Å². The number of sulfonamides is 1. The fourth-order valence-electron chi connectivity index (χ4n) is 4.03. The highest BCUT2D eigenvalue weighted by Crippen LogP contribution is 2.45. The highest BCUT2D eigenvalue weighted by Gasteiger charge is 2.45. The van der Waals surface area contributed by atoms with E-state index in [1.165, 1.54) is 12.1 Å². The summed E-state index contributed by atoms with van der Waals surface area (Å²) in [5.74, 6) is 0.438. The number of nitrogens with one attached hydrogen (secondary N) is 1. The Hall–Kier alpha value is -2.38. The molecule has 0 unspecified atom stereocenters. The molecule has 1 amide bonds. The van der Waals surface area contributed by atoms with Gasteiger partial charge < -0.3 is 10.2 Å². The molecule has 8 heteroatoms. The van der Waals surface area contributed by atoms with Crippen LogP contribution in [0.1, 0.15) is 37.7 Å². The number of carbonyl (C=O) groups excluding carboxylic acids is 1. The number of amidine groups is 1. The zero-order valence-electron chi connectivity index (χ0n) is 16.8. The summed E-state index contributed by atoms with van der Waals surface area (Å²) in [5, 5.41) is 3.54. The van der Waals surface area contributed by atoms with Gasteiger partial charge in [-0.25, -0.2) is 0 Å². The SMILES string of the molecule is CN1CCCC1=NS(=O)(=O)c1cccc(NC(=O)C2(c3ccc(Cl)cc3)CCC2)c1. The lowest BCUT2D eigenvalue weighted by Gasteiger charge is -2.40. The van der Waals surface area contributed by atoms with Crippen LogP contribution in [0.2, 0.25) is 5.02 Å². The maximum absolute atomic E-state index is 13.2. The van der Waals surface area contributed by atoms with Crippen molar-refractivity contribution in [2.75, 3.05) is 18.9 Å². The van der Waals surface area contributed by atoms with E-state index in [0.29, 0.717) is 23.0 Å². The summed E-state index contributed by atoms with van der Waals surface area (Å²) in [4.78, 5) is 15.1. The molecule has 1 heterocycles. The molecule has 0 aromatic heterocycles. The number of hydrogen-bond acceptors (Lipinski definition) is 3. The third-order valence-corrected chi connectivity index (χ3v) is 7.54. The van der Waals surface area contributed by atoms with Gasteiger partial charge in [-0.15, -0.1) is 4.40 Å².